The molecule has 0 spiro atoms. The molecule has 0 fully saturated rings. The molecule has 2 aromatic heterocycles. The van der Waals surface area contributed by atoms with Crippen molar-refractivity contribution >= 4 is 11.0 Å². The average Bonchev–Trinajstić information content (AvgIpc) is 3.40. The molecule has 0 saturated heterocycles. The molecule has 5 rings (SSSR count). The largest absolute Gasteiger partial charge is 0.416 e. The number of benzene rings is 3. The van der Waals surface area contributed by atoms with E-state index in [-0.39, 0.29) is 5.69 Å². The van der Waals surface area contributed by atoms with Crippen molar-refractivity contribution in [2.75, 3.05) is 0 Å². The first-order valence-corrected chi connectivity index (χ1v) is 9.46. The molecular formula is C23H13F5N4. The van der Waals surface area contributed by atoms with Crippen LogP contribution in [0.5, 0.6) is 0 Å². The van der Waals surface area contributed by atoms with Crippen LogP contribution >= 0.6 is 0 Å². The molecule has 0 atom stereocenters. The Morgan fingerprint density at radius 3 is 2.31 bits per heavy atom. The minimum Gasteiger partial charge on any atom is -0.296 e. The van der Waals surface area contributed by atoms with Crippen LogP contribution in [0.1, 0.15) is 5.56 Å². The summed E-state index contributed by atoms with van der Waals surface area (Å²) in [4.78, 5) is 4.27. The van der Waals surface area contributed by atoms with Gasteiger partial charge in [0.25, 0.3) is 0 Å². The smallest absolute Gasteiger partial charge is 0.296 e. The van der Waals surface area contributed by atoms with Crippen molar-refractivity contribution < 1.29 is 22.0 Å². The molecule has 0 amide bonds. The molecule has 9 heteroatoms. The highest BCUT2D eigenvalue weighted by Crippen LogP contribution is 2.31. The topological polar surface area (TPSA) is 35.6 Å². The van der Waals surface area contributed by atoms with E-state index in [0.717, 1.165) is 24.3 Å². The quantitative estimate of drug-likeness (QED) is 0.314. The number of nitrogens with zero attached hydrogens (tertiary/aromatic N) is 4. The fourth-order valence-electron chi connectivity index (χ4n) is 3.55. The second kappa shape index (κ2) is 7.30. The van der Waals surface area contributed by atoms with Crippen LogP contribution in [0.25, 0.3) is 33.7 Å². The van der Waals surface area contributed by atoms with Crippen molar-refractivity contribution in [1.82, 2.24) is 19.3 Å². The average molecular weight is 440 g/mol. The lowest BCUT2D eigenvalue weighted by Crippen LogP contribution is -2.05. The molecular weight excluding hydrogens is 427 g/mol. The Morgan fingerprint density at radius 2 is 1.59 bits per heavy atom. The second-order valence-corrected chi connectivity index (χ2v) is 7.09. The number of alkyl halides is 3. The van der Waals surface area contributed by atoms with Crippen molar-refractivity contribution in [3.8, 4) is 22.6 Å². The predicted octanol–water partition coefficient (Wildman–Crippen LogP) is 6.18. The van der Waals surface area contributed by atoms with Gasteiger partial charge in [-0.15, -0.1) is 0 Å². The van der Waals surface area contributed by atoms with Gasteiger partial charge in [-0.25, -0.2) is 18.4 Å². The van der Waals surface area contributed by atoms with Crippen molar-refractivity contribution in [1.29, 1.82) is 0 Å². The molecule has 160 valence electrons. The highest BCUT2D eigenvalue weighted by molar-refractivity contribution is 5.83. The molecule has 0 aliphatic rings. The summed E-state index contributed by atoms with van der Waals surface area (Å²) in [5, 5.41) is 4.24. The van der Waals surface area contributed by atoms with Crippen molar-refractivity contribution in [2.24, 2.45) is 0 Å². The minimum absolute atomic E-state index is 0.141. The predicted molar refractivity (Wildman–Crippen MR) is 109 cm³/mol. The van der Waals surface area contributed by atoms with Crippen LogP contribution in [0.3, 0.4) is 0 Å². The standard InChI is InChI=1S/C23H13F5N4/c24-16-4-8-21(18(25)12-16)31-13-29-19-7-1-14(11-22(19)31)20-9-10-30-32(20)17-5-2-15(3-6-17)23(26,27)28/h1-13H. The number of fused-ring (bicyclic) bond motifs is 1. The Bertz CT molecular complexity index is 1430. The van der Waals surface area contributed by atoms with Gasteiger partial charge in [-0.2, -0.15) is 18.3 Å². The van der Waals surface area contributed by atoms with Gasteiger partial charge in [0.15, 0.2) is 0 Å². The molecule has 0 N–H and O–H groups in total. The lowest BCUT2D eigenvalue weighted by Gasteiger charge is -2.11. The molecule has 3 aromatic carbocycles. The van der Waals surface area contributed by atoms with E-state index in [9.17, 15) is 22.0 Å². The molecule has 0 saturated carbocycles. The van der Waals surface area contributed by atoms with Gasteiger partial charge in [-0.05, 0) is 54.6 Å². The summed E-state index contributed by atoms with van der Waals surface area (Å²) in [6.45, 7) is 0. The molecule has 4 nitrogen and oxygen atoms in total. The van der Waals surface area contributed by atoms with E-state index in [0.29, 0.717) is 28.0 Å². The van der Waals surface area contributed by atoms with Crippen molar-refractivity contribution in [2.45, 2.75) is 6.18 Å². The summed E-state index contributed by atoms with van der Waals surface area (Å²) >= 11 is 0. The third-order valence-electron chi connectivity index (χ3n) is 5.09. The van der Waals surface area contributed by atoms with Gasteiger partial charge in [-0.3, -0.25) is 4.57 Å². The van der Waals surface area contributed by atoms with Crippen LogP contribution in [0.4, 0.5) is 22.0 Å². The van der Waals surface area contributed by atoms with Crippen LogP contribution in [0, 0.1) is 11.6 Å². The number of imidazole rings is 1. The van der Waals surface area contributed by atoms with Crippen LogP contribution < -0.4 is 0 Å². The number of rotatable bonds is 3. The van der Waals surface area contributed by atoms with Gasteiger partial charge in [0.2, 0.25) is 0 Å². The normalized spacial score (nSPS) is 11.9. The number of aromatic nitrogens is 4. The Kier molecular flexibility index (Phi) is 4.54. The monoisotopic (exact) mass is 440 g/mol. The van der Waals surface area contributed by atoms with E-state index in [1.165, 1.54) is 40.0 Å². The summed E-state index contributed by atoms with van der Waals surface area (Å²) in [5.41, 5.74) is 2.34. The highest BCUT2D eigenvalue weighted by Gasteiger charge is 2.30. The van der Waals surface area contributed by atoms with Gasteiger partial charge in [-0.1, -0.05) is 6.07 Å². The first-order chi connectivity index (χ1) is 15.3. The third kappa shape index (κ3) is 3.41. The SMILES string of the molecule is Fc1ccc(-n2cnc3ccc(-c4ccnn4-c4ccc(C(F)(F)F)cc4)cc32)c(F)c1. The van der Waals surface area contributed by atoms with Crippen LogP contribution in [-0.2, 0) is 6.18 Å². The van der Waals surface area contributed by atoms with Gasteiger partial charge >= 0.3 is 6.18 Å². The number of hydrogen-bond acceptors (Lipinski definition) is 2. The van der Waals surface area contributed by atoms with E-state index >= 15 is 0 Å². The first kappa shape index (κ1) is 19.9. The van der Waals surface area contributed by atoms with E-state index in [2.05, 4.69) is 10.1 Å². The fourth-order valence-corrected chi connectivity index (χ4v) is 3.55. The maximum Gasteiger partial charge on any atom is 0.416 e. The molecule has 0 aliphatic carbocycles. The lowest BCUT2D eigenvalue weighted by molar-refractivity contribution is -0.137. The van der Waals surface area contributed by atoms with Gasteiger partial charge in [0.05, 0.1) is 39.9 Å². The van der Waals surface area contributed by atoms with E-state index in [4.69, 9.17) is 0 Å². The van der Waals surface area contributed by atoms with E-state index in [1.807, 2.05) is 0 Å². The minimum atomic E-state index is -4.43. The Balaban J connectivity index is 1.59. The Labute approximate surface area is 178 Å². The number of hydrogen-bond donors (Lipinski definition) is 0. The zero-order valence-electron chi connectivity index (χ0n) is 16.2. The van der Waals surface area contributed by atoms with Crippen LogP contribution in [0.2, 0.25) is 0 Å². The molecule has 0 bridgehead atoms. The molecule has 0 unspecified atom stereocenters. The summed E-state index contributed by atoms with van der Waals surface area (Å²) in [6, 6.07) is 15.0. The summed E-state index contributed by atoms with van der Waals surface area (Å²) < 4.78 is 69.3. The van der Waals surface area contributed by atoms with Crippen LogP contribution in [0.15, 0.2) is 79.3 Å². The van der Waals surface area contributed by atoms with Crippen molar-refractivity contribution in [3.05, 3.63) is 96.5 Å². The van der Waals surface area contributed by atoms with Crippen LogP contribution in [-0.4, -0.2) is 19.3 Å². The van der Waals surface area contributed by atoms with Gasteiger partial charge in [0.1, 0.15) is 18.0 Å². The molecule has 32 heavy (non-hydrogen) atoms. The summed E-state index contributed by atoms with van der Waals surface area (Å²) in [5.74, 6) is -1.42. The summed E-state index contributed by atoms with van der Waals surface area (Å²) in [7, 11) is 0. The summed E-state index contributed by atoms with van der Waals surface area (Å²) in [6.07, 6.45) is -1.45. The number of halogens is 5. The fraction of sp³-hybridized carbons (Fsp3) is 0.0435. The highest BCUT2D eigenvalue weighted by atomic mass is 19.4. The van der Waals surface area contributed by atoms with Gasteiger partial charge < -0.3 is 0 Å². The molecule has 0 aliphatic heterocycles. The second-order valence-electron chi connectivity index (χ2n) is 7.09. The van der Waals surface area contributed by atoms with Crippen molar-refractivity contribution in [3.63, 3.8) is 0 Å². The zero-order valence-corrected chi connectivity index (χ0v) is 16.2. The Morgan fingerprint density at radius 1 is 0.812 bits per heavy atom. The lowest BCUT2D eigenvalue weighted by atomic mass is 10.1. The van der Waals surface area contributed by atoms with Gasteiger partial charge in [0, 0.05) is 11.6 Å². The Hall–Kier alpha value is -4.01. The molecule has 2 heterocycles. The maximum absolute atomic E-state index is 14.3. The van der Waals surface area contributed by atoms with E-state index in [1.54, 1.807) is 24.3 Å². The van der Waals surface area contributed by atoms with E-state index < -0.39 is 23.4 Å². The third-order valence-corrected chi connectivity index (χ3v) is 5.09. The zero-order chi connectivity index (χ0) is 22.5. The molecule has 0 radical (unpaired) electrons. The first-order valence-electron chi connectivity index (χ1n) is 9.46. The molecule has 5 aromatic rings. The maximum atomic E-state index is 14.3.